The highest BCUT2D eigenvalue weighted by Crippen LogP contribution is 2.29. The van der Waals surface area contributed by atoms with Gasteiger partial charge in [-0.2, -0.15) is 0 Å². The summed E-state index contributed by atoms with van der Waals surface area (Å²) in [6, 6.07) is 2.03. The molecule has 0 bridgehead atoms. The Morgan fingerprint density at radius 2 is 2.00 bits per heavy atom. The number of sulfone groups is 1. The van der Waals surface area contributed by atoms with Gasteiger partial charge in [-0.1, -0.05) is 11.6 Å². The molecule has 0 fully saturated rings. The first-order chi connectivity index (χ1) is 7.64. The summed E-state index contributed by atoms with van der Waals surface area (Å²) in [7, 11) is -3.78. The van der Waals surface area contributed by atoms with Crippen LogP contribution in [0.3, 0.4) is 0 Å². The quantitative estimate of drug-likeness (QED) is 0.920. The van der Waals surface area contributed by atoms with E-state index in [2.05, 4.69) is 0 Å². The number of benzene rings is 1. The van der Waals surface area contributed by atoms with Crippen molar-refractivity contribution in [3.63, 3.8) is 0 Å². The smallest absolute Gasteiger partial charge is 0.310 e. The van der Waals surface area contributed by atoms with Crippen LogP contribution in [0, 0.1) is 5.82 Å². The van der Waals surface area contributed by atoms with Gasteiger partial charge in [0, 0.05) is 6.26 Å². The van der Waals surface area contributed by atoms with Crippen LogP contribution in [-0.2, 0) is 14.6 Å². The molecule has 0 radical (unpaired) electrons. The average molecular weight is 281 g/mol. The SMILES string of the molecule is CC(C(=O)O)c1cc(F)c(S(C)(=O)=O)c(Cl)c1. The third-order valence-corrected chi connectivity index (χ3v) is 3.83. The first-order valence-electron chi connectivity index (χ1n) is 4.56. The van der Waals surface area contributed by atoms with Crippen molar-refractivity contribution in [3.8, 4) is 0 Å². The minimum Gasteiger partial charge on any atom is -0.481 e. The Morgan fingerprint density at radius 1 is 1.47 bits per heavy atom. The third kappa shape index (κ3) is 2.95. The van der Waals surface area contributed by atoms with Crippen molar-refractivity contribution in [3.05, 3.63) is 28.5 Å². The first-order valence-corrected chi connectivity index (χ1v) is 6.83. The second-order valence-electron chi connectivity index (χ2n) is 3.65. The maximum absolute atomic E-state index is 13.6. The minimum absolute atomic E-state index is 0.118. The fourth-order valence-electron chi connectivity index (χ4n) is 1.33. The lowest BCUT2D eigenvalue weighted by molar-refractivity contribution is -0.138. The van der Waals surface area contributed by atoms with Gasteiger partial charge in [-0.15, -0.1) is 0 Å². The Bertz CT molecular complexity index is 545. The van der Waals surface area contributed by atoms with E-state index in [0.717, 1.165) is 18.4 Å². The van der Waals surface area contributed by atoms with Crippen molar-refractivity contribution in [2.75, 3.05) is 6.26 Å². The van der Waals surface area contributed by atoms with Crippen LogP contribution in [0.15, 0.2) is 17.0 Å². The van der Waals surface area contributed by atoms with Gasteiger partial charge in [0.1, 0.15) is 10.7 Å². The normalized spacial score (nSPS) is 13.4. The molecule has 0 aliphatic rings. The van der Waals surface area contributed by atoms with Crippen LogP contribution < -0.4 is 0 Å². The molecular weight excluding hydrogens is 271 g/mol. The molecule has 1 N–H and O–H groups in total. The Kier molecular flexibility index (Phi) is 3.78. The molecule has 0 spiro atoms. The number of carbonyl (C=O) groups is 1. The zero-order valence-corrected chi connectivity index (χ0v) is 10.6. The van der Waals surface area contributed by atoms with Crippen LogP contribution in [0.4, 0.5) is 4.39 Å². The zero-order chi connectivity index (χ0) is 13.4. The van der Waals surface area contributed by atoms with E-state index in [9.17, 15) is 17.6 Å². The van der Waals surface area contributed by atoms with Gasteiger partial charge >= 0.3 is 5.97 Å². The van der Waals surface area contributed by atoms with E-state index in [0.29, 0.717) is 0 Å². The second kappa shape index (κ2) is 4.62. The summed E-state index contributed by atoms with van der Waals surface area (Å²) in [5.74, 6) is -3.15. The van der Waals surface area contributed by atoms with Gasteiger partial charge in [-0.05, 0) is 24.6 Å². The molecule has 0 aliphatic carbocycles. The van der Waals surface area contributed by atoms with E-state index in [-0.39, 0.29) is 10.6 Å². The fraction of sp³-hybridized carbons (Fsp3) is 0.300. The molecule has 0 saturated heterocycles. The third-order valence-electron chi connectivity index (χ3n) is 2.26. The van der Waals surface area contributed by atoms with E-state index >= 15 is 0 Å². The Labute approximate surface area is 103 Å². The number of aliphatic carboxylic acids is 1. The maximum atomic E-state index is 13.6. The summed E-state index contributed by atoms with van der Waals surface area (Å²) in [4.78, 5) is 10.1. The monoisotopic (exact) mass is 280 g/mol. The van der Waals surface area contributed by atoms with Crippen LogP contribution in [0.25, 0.3) is 0 Å². The summed E-state index contributed by atoms with van der Waals surface area (Å²) in [5, 5.41) is 8.45. The van der Waals surface area contributed by atoms with Gasteiger partial charge in [-0.3, -0.25) is 4.79 Å². The van der Waals surface area contributed by atoms with Crippen molar-refractivity contribution in [2.45, 2.75) is 17.7 Å². The molecule has 0 amide bonds. The van der Waals surface area contributed by atoms with Gasteiger partial charge in [-0.25, -0.2) is 12.8 Å². The molecule has 4 nitrogen and oxygen atoms in total. The van der Waals surface area contributed by atoms with Crippen LogP contribution in [0.2, 0.25) is 5.02 Å². The van der Waals surface area contributed by atoms with Gasteiger partial charge in [0.15, 0.2) is 9.84 Å². The van der Waals surface area contributed by atoms with E-state index in [1.54, 1.807) is 0 Å². The van der Waals surface area contributed by atoms with E-state index < -0.39 is 32.4 Å². The fourth-order valence-corrected chi connectivity index (χ4v) is 2.79. The summed E-state index contributed by atoms with van der Waals surface area (Å²) >= 11 is 5.66. The molecule has 1 aromatic rings. The summed E-state index contributed by atoms with van der Waals surface area (Å²) in [5.41, 5.74) is 0.118. The Hall–Kier alpha value is -1.14. The number of hydrogen-bond donors (Lipinski definition) is 1. The second-order valence-corrected chi connectivity index (χ2v) is 6.01. The lowest BCUT2D eigenvalue weighted by Gasteiger charge is -2.10. The predicted octanol–water partition coefficient (Wildman–Crippen LogP) is 2.07. The van der Waals surface area contributed by atoms with Gasteiger partial charge in [0.25, 0.3) is 0 Å². The largest absolute Gasteiger partial charge is 0.481 e. The lowest BCUT2D eigenvalue weighted by atomic mass is 10.0. The minimum atomic E-state index is -3.78. The molecule has 7 heteroatoms. The van der Waals surface area contributed by atoms with Gasteiger partial charge in [0.2, 0.25) is 0 Å². The Balaban J connectivity index is 3.43. The molecule has 1 rings (SSSR count). The molecule has 1 atom stereocenters. The van der Waals surface area contributed by atoms with Crippen molar-refractivity contribution in [1.29, 1.82) is 0 Å². The number of halogens is 2. The zero-order valence-electron chi connectivity index (χ0n) is 9.07. The van der Waals surface area contributed by atoms with Crippen LogP contribution in [0.1, 0.15) is 18.4 Å². The number of hydrogen-bond acceptors (Lipinski definition) is 3. The van der Waals surface area contributed by atoms with E-state index in [1.165, 1.54) is 6.92 Å². The van der Waals surface area contributed by atoms with E-state index in [4.69, 9.17) is 16.7 Å². The highest BCUT2D eigenvalue weighted by atomic mass is 35.5. The summed E-state index contributed by atoms with van der Waals surface area (Å²) in [6.07, 6.45) is 0.831. The molecular formula is C10H10ClFO4S. The number of carboxylic acid groups (broad SMARTS) is 1. The lowest BCUT2D eigenvalue weighted by Crippen LogP contribution is -2.10. The van der Waals surface area contributed by atoms with Gasteiger partial charge < -0.3 is 5.11 Å². The van der Waals surface area contributed by atoms with Gasteiger partial charge in [0.05, 0.1) is 10.9 Å². The molecule has 17 heavy (non-hydrogen) atoms. The van der Waals surface area contributed by atoms with E-state index in [1.807, 2.05) is 0 Å². The standard InChI is InChI=1S/C10H10ClFO4S/c1-5(10(13)14)6-3-7(11)9(8(12)4-6)17(2,15)16/h3-5H,1-2H3,(H,13,14). The highest BCUT2D eigenvalue weighted by molar-refractivity contribution is 7.90. The summed E-state index contributed by atoms with van der Waals surface area (Å²) < 4.78 is 36.1. The van der Waals surface area contributed by atoms with Crippen molar-refractivity contribution in [1.82, 2.24) is 0 Å². The van der Waals surface area contributed by atoms with Crippen LogP contribution >= 0.6 is 11.6 Å². The number of rotatable bonds is 3. The molecule has 0 aliphatic heterocycles. The number of carboxylic acids is 1. The summed E-state index contributed by atoms with van der Waals surface area (Å²) in [6.45, 7) is 1.35. The molecule has 1 aromatic carbocycles. The van der Waals surface area contributed by atoms with Crippen LogP contribution in [0.5, 0.6) is 0 Å². The van der Waals surface area contributed by atoms with Crippen LogP contribution in [-0.4, -0.2) is 25.7 Å². The maximum Gasteiger partial charge on any atom is 0.310 e. The molecule has 0 heterocycles. The van der Waals surface area contributed by atoms with Crippen molar-refractivity contribution in [2.24, 2.45) is 0 Å². The predicted molar refractivity (Wildman–Crippen MR) is 60.6 cm³/mol. The first kappa shape index (κ1) is 13.9. The topological polar surface area (TPSA) is 71.4 Å². The highest BCUT2D eigenvalue weighted by Gasteiger charge is 2.22. The average Bonchev–Trinajstić information content (AvgIpc) is 2.12. The molecule has 94 valence electrons. The Morgan fingerprint density at radius 3 is 2.35 bits per heavy atom. The molecule has 1 unspecified atom stereocenters. The van der Waals surface area contributed by atoms with Crippen molar-refractivity contribution < 1.29 is 22.7 Å². The van der Waals surface area contributed by atoms with Crippen molar-refractivity contribution >= 4 is 27.4 Å². The molecule has 0 aromatic heterocycles. The molecule has 0 saturated carbocycles.